The smallest absolute Gasteiger partial charge is 0.299 e. The SMILES string of the molecule is COc1cc2c3c(c1)[C@H](C)CC(C)(C)N3C(=O)C2=O. The van der Waals surface area contributed by atoms with Crippen LogP contribution < -0.4 is 9.64 Å². The average Bonchev–Trinajstić information content (AvgIpc) is 2.60. The quantitative estimate of drug-likeness (QED) is 0.728. The van der Waals surface area contributed by atoms with Gasteiger partial charge in [0.2, 0.25) is 0 Å². The summed E-state index contributed by atoms with van der Waals surface area (Å²) < 4.78 is 5.24. The molecule has 0 radical (unpaired) electrons. The maximum absolute atomic E-state index is 12.2. The predicted molar refractivity (Wildman–Crippen MR) is 71.9 cm³/mol. The van der Waals surface area contributed by atoms with Crippen LogP contribution in [0.4, 0.5) is 5.69 Å². The number of rotatable bonds is 1. The van der Waals surface area contributed by atoms with Crippen molar-refractivity contribution in [2.24, 2.45) is 0 Å². The number of nitrogens with zero attached hydrogens (tertiary/aromatic N) is 1. The van der Waals surface area contributed by atoms with Crippen molar-refractivity contribution < 1.29 is 14.3 Å². The van der Waals surface area contributed by atoms with Gasteiger partial charge in [-0.1, -0.05) is 6.92 Å². The third-order valence-corrected chi connectivity index (χ3v) is 4.16. The summed E-state index contributed by atoms with van der Waals surface area (Å²) >= 11 is 0. The zero-order chi connectivity index (χ0) is 13.9. The van der Waals surface area contributed by atoms with E-state index in [4.69, 9.17) is 4.74 Å². The lowest BCUT2D eigenvalue weighted by Crippen LogP contribution is -2.50. The van der Waals surface area contributed by atoms with E-state index in [2.05, 4.69) is 6.92 Å². The van der Waals surface area contributed by atoms with E-state index < -0.39 is 11.7 Å². The highest BCUT2D eigenvalue weighted by Crippen LogP contribution is 2.49. The second-order valence-electron chi connectivity index (χ2n) is 6.00. The number of hydrogen-bond donors (Lipinski definition) is 0. The van der Waals surface area contributed by atoms with Crippen LogP contribution in [0.2, 0.25) is 0 Å². The minimum atomic E-state index is -0.419. The Labute approximate surface area is 112 Å². The summed E-state index contributed by atoms with van der Waals surface area (Å²) in [6.45, 7) is 6.15. The van der Waals surface area contributed by atoms with Gasteiger partial charge in [-0.05, 0) is 43.9 Å². The first-order valence-corrected chi connectivity index (χ1v) is 6.47. The highest BCUT2D eigenvalue weighted by atomic mass is 16.5. The number of amides is 1. The van der Waals surface area contributed by atoms with Crippen molar-refractivity contribution in [2.45, 2.75) is 38.6 Å². The number of ether oxygens (including phenoxy) is 1. The van der Waals surface area contributed by atoms with Gasteiger partial charge in [-0.2, -0.15) is 0 Å². The lowest BCUT2D eigenvalue weighted by atomic mass is 9.80. The van der Waals surface area contributed by atoms with E-state index in [9.17, 15) is 9.59 Å². The summed E-state index contributed by atoms with van der Waals surface area (Å²) in [5.41, 5.74) is 1.99. The predicted octanol–water partition coefficient (Wildman–Crippen LogP) is 2.51. The molecule has 1 aromatic carbocycles. The third-order valence-electron chi connectivity index (χ3n) is 4.16. The van der Waals surface area contributed by atoms with Gasteiger partial charge >= 0.3 is 0 Å². The van der Waals surface area contributed by atoms with Crippen LogP contribution in [-0.2, 0) is 4.79 Å². The lowest BCUT2D eigenvalue weighted by molar-refractivity contribution is -0.115. The van der Waals surface area contributed by atoms with Crippen LogP contribution in [0.15, 0.2) is 12.1 Å². The fraction of sp³-hybridized carbons (Fsp3) is 0.467. The molecule has 3 rings (SSSR count). The Bertz CT molecular complexity index is 604. The molecule has 1 amide bonds. The number of hydrogen-bond acceptors (Lipinski definition) is 3. The standard InChI is InChI=1S/C15H17NO3/c1-8-7-15(2,3)16-12-10(8)5-9(19-4)6-11(12)13(17)14(16)18/h5-6,8H,7H2,1-4H3/t8-/m1/s1. The molecule has 2 heterocycles. The minimum Gasteiger partial charge on any atom is -0.497 e. The van der Waals surface area contributed by atoms with E-state index in [0.29, 0.717) is 17.2 Å². The van der Waals surface area contributed by atoms with Gasteiger partial charge in [0.05, 0.1) is 18.4 Å². The highest BCUT2D eigenvalue weighted by molar-refractivity contribution is 6.53. The molecule has 0 fully saturated rings. The van der Waals surface area contributed by atoms with Crippen LogP contribution >= 0.6 is 0 Å². The van der Waals surface area contributed by atoms with Crippen molar-refractivity contribution in [3.63, 3.8) is 0 Å². The Hall–Kier alpha value is -1.84. The highest BCUT2D eigenvalue weighted by Gasteiger charge is 2.49. The van der Waals surface area contributed by atoms with Crippen molar-refractivity contribution in [3.05, 3.63) is 23.3 Å². The van der Waals surface area contributed by atoms with Crippen molar-refractivity contribution >= 4 is 17.4 Å². The summed E-state index contributed by atoms with van der Waals surface area (Å²) in [6.07, 6.45) is 0.839. The molecule has 2 aliphatic heterocycles. The molecule has 0 unspecified atom stereocenters. The molecule has 100 valence electrons. The number of anilines is 1. The van der Waals surface area contributed by atoms with Gasteiger partial charge in [0.15, 0.2) is 0 Å². The van der Waals surface area contributed by atoms with Crippen LogP contribution in [-0.4, -0.2) is 24.3 Å². The molecule has 4 heteroatoms. The van der Waals surface area contributed by atoms with E-state index in [-0.39, 0.29) is 5.54 Å². The Morgan fingerprint density at radius 1 is 1.32 bits per heavy atom. The third kappa shape index (κ3) is 1.46. The molecule has 1 aromatic rings. The molecule has 2 aliphatic rings. The minimum absolute atomic E-state index is 0.300. The molecule has 0 saturated heterocycles. The van der Waals surface area contributed by atoms with Gasteiger partial charge in [-0.25, -0.2) is 0 Å². The maximum atomic E-state index is 12.2. The number of ketones is 1. The number of benzene rings is 1. The van der Waals surface area contributed by atoms with Crippen molar-refractivity contribution in [3.8, 4) is 5.75 Å². The first kappa shape index (κ1) is 12.2. The molecule has 0 aromatic heterocycles. The summed E-state index contributed by atoms with van der Waals surface area (Å²) in [5, 5.41) is 0. The van der Waals surface area contributed by atoms with Crippen molar-refractivity contribution in [2.75, 3.05) is 12.0 Å². The number of Topliss-reactive ketones (excluding diaryl/α,β-unsaturated/α-hetero) is 1. The maximum Gasteiger partial charge on any atom is 0.299 e. The van der Waals surface area contributed by atoms with E-state index in [0.717, 1.165) is 17.7 Å². The van der Waals surface area contributed by atoms with Gasteiger partial charge in [-0.3, -0.25) is 14.5 Å². The molecular weight excluding hydrogens is 242 g/mol. The number of methoxy groups -OCH3 is 1. The molecule has 0 aliphatic carbocycles. The molecule has 0 bridgehead atoms. The van der Waals surface area contributed by atoms with E-state index in [1.54, 1.807) is 18.1 Å². The fourth-order valence-electron chi connectivity index (χ4n) is 3.39. The summed E-state index contributed by atoms with van der Waals surface area (Å²) in [7, 11) is 1.57. The average molecular weight is 259 g/mol. The van der Waals surface area contributed by atoms with Gasteiger partial charge in [0.25, 0.3) is 11.7 Å². The monoisotopic (exact) mass is 259 g/mol. The Balaban J connectivity index is 2.33. The van der Waals surface area contributed by atoms with Crippen LogP contribution in [0.3, 0.4) is 0 Å². The zero-order valence-corrected chi connectivity index (χ0v) is 11.6. The Morgan fingerprint density at radius 2 is 2.00 bits per heavy atom. The zero-order valence-electron chi connectivity index (χ0n) is 11.6. The van der Waals surface area contributed by atoms with Crippen molar-refractivity contribution in [1.82, 2.24) is 0 Å². The van der Waals surface area contributed by atoms with Crippen LogP contribution in [0.25, 0.3) is 0 Å². The topological polar surface area (TPSA) is 46.6 Å². The molecule has 0 spiro atoms. The first-order chi connectivity index (χ1) is 8.86. The molecule has 1 atom stereocenters. The molecule has 0 saturated carbocycles. The van der Waals surface area contributed by atoms with Crippen LogP contribution in [0.1, 0.15) is 49.0 Å². The molecule has 19 heavy (non-hydrogen) atoms. The van der Waals surface area contributed by atoms with Crippen LogP contribution in [0, 0.1) is 0 Å². The first-order valence-electron chi connectivity index (χ1n) is 6.47. The van der Waals surface area contributed by atoms with E-state index in [1.165, 1.54) is 0 Å². The number of carbonyl (C=O) groups excluding carboxylic acids is 2. The summed E-state index contributed by atoms with van der Waals surface area (Å²) in [4.78, 5) is 26.1. The lowest BCUT2D eigenvalue weighted by Gasteiger charge is -2.43. The largest absolute Gasteiger partial charge is 0.497 e. The summed E-state index contributed by atoms with van der Waals surface area (Å²) in [5.74, 6) is 0.107. The molecular formula is C15H17NO3. The normalized spacial score (nSPS) is 23.6. The van der Waals surface area contributed by atoms with Gasteiger partial charge in [0.1, 0.15) is 5.75 Å². The van der Waals surface area contributed by atoms with Crippen molar-refractivity contribution in [1.29, 1.82) is 0 Å². The van der Waals surface area contributed by atoms with Gasteiger partial charge < -0.3 is 4.74 Å². The fourth-order valence-corrected chi connectivity index (χ4v) is 3.39. The van der Waals surface area contributed by atoms with Gasteiger partial charge in [-0.15, -0.1) is 0 Å². The molecule has 4 nitrogen and oxygen atoms in total. The van der Waals surface area contributed by atoms with E-state index in [1.807, 2.05) is 19.9 Å². The Morgan fingerprint density at radius 3 is 2.63 bits per heavy atom. The van der Waals surface area contributed by atoms with Gasteiger partial charge in [0, 0.05) is 5.54 Å². The summed E-state index contributed by atoms with van der Waals surface area (Å²) in [6, 6.07) is 3.62. The van der Waals surface area contributed by atoms with Crippen LogP contribution in [0.5, 0.6) is 5.75 Å². The number of carbonyl (C=O) groups is 2. The second kappa shape index (κ2) is 3.59. The van der Waals surface area contributed by atoms with E-state index >= 15 is 0 Å². The molecule has 0 N–H and O–H groups in total. The Kier molecular flexibility index (Phi) is 2.31. The second-order valence-corrected chi connectivity index (χ2v) is 6.00.